The molecule has 1 unspecified atom stereocenters. The summed E-state index contributed by atoms with van der Waals surface area (Å²) in [6.07, 6.45) is 0. The van der Waals surface area contributed by atoms with Crippen molar-refractivity contribution in [1.82, 2.24) is 0 Å². The van der Waals surface area contributed by atoms with Gasteiger partial charge in [0.2, 0.25) is 0 Å². The van der Waals surface area contributed by atoms with Crippen molar-refractivity contribution in [1.29, 1.82) is 0 Å². The normalized spacial score (nSPS) is 12.2. The second-order valence-corrected chi connectivity index (χ2v) is 4.81. The Labute approximate surface area is 92.4 Å². The highest BCUT2D eigenvalue weighted by atomic mass is 79.9. The maximum atomic E-state index is 11.5. The summed E-state index contributed by atoms with van der Waals surface area (Å²) in [4.78, 5) is 11.6. The molecule has 0 aliphatic rings. The minimum atomic E-state index is -0.264. The second kappa shape index (κ2) is 5.15. The van der Waals surface area contributed by atoms with Gasteiger partial charge >= 0.3 is 5.97 Å². The van der Waals surface area contributed by atoms with Gasteiger partial charge in [-0.15, -0.1) is 0 Å². The number of benzene rings is 1. The molecule has 0 aliphatic carbocycles. The minimum Gasteiger partial charge on any atom is -0.461 e. The first-order valence-electron chi connectivity index (χ1n) is 4.47. The summed E-state index contributed by atoms with van der Waals surface area (Å²) < 4.78 is 5.06. The Bertz CT molecular complexity index is 321. The van der Waals surface area contributed by atoms with Gasteiger partial charge in [0.25, 0.3) is 0 Å². The number of hydrogen-bond acceptors (Lipinski definition) is 2. The molecule has 0 bridgehead atoms. The van der Waals surface area contributed by atoms with E-state index in [0.29, 0.717) is 12.2 Å². The van der Waals surface area contributed by atoms with Crippen LogP contribution < -0.4 is 0 Å². The van der Waals surface area contributed by atoms with Crippen LogP contribution in [-0.4, -0.2) is 17.4 Å². The molecule has 0 saturated heterocycles. The number of ether oxygens (including phenoxy) is 1. The van der Waals surface area contributed by atoms with Gasteiger partial charge in [-0.05, 0) is 26.0 Å². The van der Waals surface area contributed by atoms with E-state index in [4.69, 9.17) is 4.74 Å². The molecule has 2 nitrogen and oxygen atoms in total. The summed E-state index contributed by atoms with van der Waals surface area (Å²) in [5.74, 6) is -0.264. The number of carbonyl (C=O) groups is 1. The molecular weight excluding hydrogens is 244 g/mol. The maximum Gasteiger partial charge on any atom is 0.338 e. The lowest BCUT2D eigenvalue weighted by Crippen LogP contribution is -2.11. The van der Waals surface area contributed by atoms with Crippen LogP contribution in [0.5, 0.6) is 0 Å². The average molecular weight is 257 g/mol. The zero-order valence-corrected chi connectivity index (χ0v) is 9.87. The van der Waals surface area contributed by atoms with Crippen molar-refractivity contribution in [3.63, 3.8) is 0 Å². The number of esters is 1. The van der Waals surface area contributed by atoms with E-state index < -0.39 is 0 Å². The van der Waals surface area contributed by atoms with Crippen molar-refractivity contribution < 1.29 is 9.53 Å². The molecule has 0 heterocycles. The van der Waals surface area contributed by atoms with Gasteiger partial charge in [0.15, 0.2) is 0 Å². The van der Waals surface area contributed by atoms with Crippen LogP contribution in [0.1, 0.15) is 22.8 Å². The summed E-state index contributed by atoms with van der Waals surface area (Å²) >= 11 is 3.31. The molecule has 0 saturated carbocycles. The Kier molecular flexibility index (Phi) is 4.14. The van der Waals surface area contributed by atoms with Crippen LogP contribution in [0.4, 0.5) is 0 Å². The Balaban J connectivity index is 2.61. The van der Waals surface area contributed by atoms with E-state index >= 15 is 0 Å². The average Bonchev–Trinajstić information content (AvgIpc) is 2.14. The largest absolute Gasteiger partial charge is 0.461 e. The Morgan fingerprint density at radius 3 is 2.86 bits per heavy atom. The molecular formula is C11H13BrO2. The van der Waals surface area contributed by atoms with Gasteiger partial charge in [-0.25, -0.2) is 4.79 Å². The van der Waals surface area contributed by atoms with E-state index in [9.17, 15) is 4.79 Å². The molecule has 1 aromatic carbocycles. The molecule has 1 rings (SSSR count). The Hall–Kier alpha value is -0.830. The number of alkyl halides is 1. The highest BCUT2D eigenvalue weighted by Gasteiger charge is 2.07. The number of rotatable bonds is 3. The van der Waals surface area contributed by atoms with Crippen LogP contribution in [0.3, 0.4) is 0 Å². The lowest BCUT2D eigenvalue weighted by molar-refractivity contribution is 0.0512. The highest BCUT2D eigenvalue weighted by Crippen LogP contribution is 2.07. The van der Waals surface area contributed by atoms with Crippen LogP contribution in [0, 0.1) is 6.92 Å². The van der Waals surface area contributed by atoms with Crippen LogP contribution in [0.25, 0.3) is 0 Å². The van der Waals surface area contributed by atoms with Crippen molar-refractivity contribution in [2.75, 3.05) is 6.61 Å². The summed E-state index contributed by atoms with van der Waals surface area (Å²) in [6.45, 7) is 4.28. The van der Waals surface area contributed by atoms with E-state index in [-0.39, 0.29) is 10.8 Å². The van der Waals surface area contributed by atoms with Crippen LogP contribution in [0.2, 0.25) is 0 Å². The molecule has 0 radical (unpaired) electrons. The van der Waals surface area contributed by atoms with Crippen molar-refractivity contribution in [3.05, 3.63) is 35.4 Å². The summed E-state index contributed by atoms with van der Waals surface area (Å²) in [5, 5.41) is 0. The summed E-state index contributed by atoms with van der Waals surface area (Å²) in [5.41, 5.74) is 1.67. The van der Waals surface area contributed by atoms with Crippen molar-refractivity contribution in [2.45, 2.75) is 18.7 Å². The van der Waals surface area contributed by atoms with Crippen LogP contribution >= 0.6 is 15.9 Å². The fourth-order valence-electron chi connectivity index (χ4n) is 1.05. The number of hydrogen-bond donors (Lipinski definition) is 0. The maximum absolute atomic E-state index is 11.5. The molecule has 0 fully saturated rings. The minimum absolute atomic E-state index is 0.191. The second-order valence-electron chi connectivity index (χ2n) is 3.25. The predicted molar refractivity (Wildman–Crippen MR) is 59.9 cm³/mol. The first-order valence-corrected chi connectivity index (χ1v) is 5.39. The van der Waals surface area contributed by atoms with Gasteiger partial charge in [0, 0.05) is 4.83 Å². The van der Waals surface area contributed by atoms with E-state index in [1.807, 2.05) is 32.0 Å². The zero-order chi connectivity index (χ0) is 10.6. The third-order valence-corrected chi connectivity index (χ3v) is 1.96. The predicted octanol–water partition coefficient (Wildman–Crippen LogP) is 2.94. The molecule has 14 heavy (non-hydrogen) atoms. The van der Waals surface area contributed by atoms with Crippen LogP contribution in [-0.2, 0) is 4.74 Å². The number of aryl methyl sites for hydroxylation is 1. The monoisotopic (exact) mass is 256 g/mol. The first-order chi connectivity index (χ1) is 6.59. The SMILES string of the molecule is Cc1cccc(C(=O)OCC(C)Br)c1. The highest BCUT2D eigenvalue weighted by molar-refractivity contribution is 9.09. The third kappa shape index (κ3) is 3.50. The summed E-state index contributed by atoms with van der Waals surface area (Å²) in [7, 11) is 0. The molecule has 0 aliphatic heterocycles. The van der Waals surface area contributed by atoms with Gasteiger partial charge in [0.1, 0.15) is 6.61 Å². The van der Waals surface area contributed by atoms with Gasteiger partial charge in [-0.1, -0.05) is 33.6 Å². The van der Waals surface area contributed by atoms with E-state index in [0.717, 1.165) is 5.56 Å². The molecule has 1 aromatic rings. The van der Waals surface area contributed by atoms with Crippen LogP contribution in [0.15, 0.2) is 24.3 Å². The molecule has 3 heteroatoms. The van der Waals surface area contributed by atoms with E-state index in [1.165, 1.54) is 0 Å². The van der Waals surface area contributed by atoms with Crippen molar-refractivity contribution in [3.8, 4) is 0 Å². The lowest BCUT2D eigenvalue weighted by atomic mass is 10.1. The zero-order valence-electron chi connectivity index (χ0n) is 8.29. The molecule has 1 atom stereocenters. The number of halogens is 1. The molecule has 0 aromatic heterocycles. The summed E-state index contributed by atoms with van der Waals surface area (Å²) in [6, 6.07) is 7.38. The van der Waals surface area contributed by atoms with E-state index in [2.05, 4.69) is 15.9 Å². The third-order valence-electron chi connectivity index (χ3n) is 1.70. The topological polar surface area (TPSA) is 26.3 Å². The van der Waals surface area contributed by atoms with Gasteiger partial charge in [-0.2, -0.15) is 0 Å². The molecule has 76 valence electrons. The lowest BCUT2D eigenvalue weighted by Gasteiger charge is -2.06. The Morgan fingerprint density at radius 1 is 1.57 bits per heavy atom. The Morgan fingerprint density at radius 2 is 2.29 bits per heavy atom. The smallest absolute Gasteiger partial charge is 0.338 e. The molecule has 0 spiro atoms. The van der Waals surface area contributed by atoms with Gasteiger partial charge in [-0.3, -0.25) is 0 Å². The van der Waals surface area contributed by atoms with Gasteiger partial charge in [0.05, 0.1) is 5.56 Å². The van der Waals surface area contributed by atoms with Crippen molar-refractivity contribution >= 4 is 21.9 Å². The fraction of sp³-hybridized carbons (Fsp3) is 0.364. The quantitative estimate of drug-likeness (QED) is 0.614. The standard InChI is InChI=1S/C11H13BrO2/c1-8-4-3-5-10(6-8)11(13)14-7-9(2)12/h3-6,9H,7H2,1-2H3. The fourth-order valence-corrected chi connectivity index (χ4v) is 1.18. The molecule has 0 N–H and O–H groups in total. The van der Waals surface area contributed by atoms with E-state index in [1.54, 1.807) is 6.07 Å². The first kappa shape index (κ1) is 11.2. The number of carbonyl (C=O) groups excluding carboxylic acids is 1. The molecule has 0 amide bonds. The van der Waals surface area contributed by atoms with Gasteiger partial charge < -0.3 is 4.74 Å². The van der Waals surface area contributed by atoms with Crippen molar-refractivity contribution in [2.24, 2.45) is 0 Å².